The van der Waals surface area contributed by atoms with Gasteiger partial charge < -0.3 is 9.67 Å². The number of carboxylic acids is 1. The molecule has 0 spiro atoms. The van der Waals surface area contributed by atoms with Crippen LogP contribution in [0.25, 0.3) is 27.4 Å². The fraction of sp³-hybridized carbons (Fsp3) is 0.238. The van der Waals surface area contributed by atoms with Crippen molar-refractivity contribution in [2.24, 2.45) is 0 Å². The lowest BCUT2D eigenvalue weighted by molar-refractivity contribution is -0.137. The zero-order valence-electron chi connectivity index (χ0n) is 14.5. The lowest BCUT2D eigenvalue weighted by Crippen LogP contribution is -2.16. The molecule has 4 nitrogen and oxygen atoms in total. The van der Waals surface area contributed by atoms with E-state index in [0.717, 1.165) is 24.8 Å². The van der Waals surface area contributed by atoms with Gasteiger partial charge in [0.1, 0.15) is 6.54 Å². The van der Waals surface area contributed by atoms with E-state index in [1.807, 2.05) is 12.1 Å². The summed E-state index contributed by atoms with van der Waals surface area (Å²) >= 11 is 12.5. The highest BCUT2D eigenvalue weighted by Gasteiger charge is 2.18. The molecule has 2 aromatic carbocycles. The molecule has 0 saturated carbocycles. The summed E-state index contributed by atoms with van der Waals surface area (Å²) in [6.07, 6.45) is 6.54. The van der Waals surface area contributed by atoms with Gasteiger partial charge in [-0.05, 0) is 61.1 Å². The summed E-state index contributed by atoms with van der Waals surface area (Å²) in [4.78, 5) is 24.5. The Balaban J connectivity index is 2.12. The third-order valence-corrected chi connectivity index (χ3v) is 5.87. The van der Waals surface area contributed by atoms with Crippen molar-refractivity contribution in [3.63, 3.8) is 0 Å². The van der Waals surface area contributed by atoms with Gasteiger partial charge in [-0.2, -0.15) is 0 Å². The molecule has 27 heavy (non-hydrogen) atoms. The molecule has 6 heteroatoms. The Hall–Kier alpha value is -2.30. The van der Waals surface area contributed by atoms with E-state index in [2.05, 4.69) is 6.08 Å². The quantitative estimate of drug-likeness (QED) is 0.589. The lowest BCUT2D eigenvalue weighted by atomic mass is 9.93. The molecule has 0 fully saturated rings. The summed E-state index contributed by atoms with van der Waals surface area (Å²) < 4.78 is 1.58. The van der Waals surface area contributed by atoms with Crippen LogP contribution in [-0.4, -0.2) is 15.6 Å². The van der Waals surface area contributed by atoms with Crippen molar-refractivity contribution in [2.45, 2.75) is 32.2 Å². The van der Waals surface area contributed by atoms with Gasteiger partial charge in [-0.1, -0.05) is 35.3 Å². The Bertz CT molecular complexity index is 1180. The second-order valence-electron chi connectivity index (χ2n) is 6.77. The van der Waals surface area contributed by atoms with Crippen molar-refractivity contribution in [3.05, 3.63) is 62.2 Å². The van der Waals surface area contributed by atoms with Crippen LogP contribution >= 0.6 is 23.2 Å². The van der Waals surface area contributed by atoms with Crippen molar-refractivity contribution >= 4 is 56.6 Å². The number of aromatic nitrogens is 1. The van der Waals surface area contributed by atoms with Gasteiger partial charge in [-0.3, -0.25) is 9.59 Å². The van der Waals surface area contributed by atoms with Crippen LogP contribution in [0.15, 0.2) is 41.2 Å². The van der Waals surface area contributed by atoms with Crippen LogP contribution in [0.5, 0.6) is 0 Å². The first-order valence-corrected chi connectivity index (χ1v) is 9.58. The number of rotatable bonds is 3. The van der Waals surface area contributed by atoms with Crippen LogP contribution in [0.3, 0.4) is 0 Å². The molecule has 0 radical (unpaired) electrons. The van der Waals surface area contributed by atoms with Crippen molar-refractivity contribution in [3.8, 4) is 0 Å². The summed E-state index contributed by atoms with van der Waals surface area (Å²) in [7, 11) is 0. The molecule has 1 aliphatic carbocycles. The Morgan fingerprint density at radius 1 is 1.11 bits per heavy atom. The van der Waals surface area contributed by atoms with Gasteiger partial charge >= 0.3 is 5.97 Å². The highest BCUT2D eigenvalue weighted by molar-refractivity contribution is 6.45. The Labute approximate surface area is 165 Å². The van der Waals surface area contributed by atoms with Crippen LogP contribution < -0.4 is 5.43 Å². The van der Waals surface area contributed by atoms with Gasteiger partial charge in [0.25, 0.3) is 0 Å². The Morgan fingerprint density at radius 2 is 1.89 bits per heavy atom. The number of carbonyl (C=O) groups is 1. The molecule has 4 rings (SSSR count). The number of hydrogen-bond acceptors (Lipinski definition) is 2. The monoisotopic (exact) mass is 401 g/mol. The SMILES string of the molecule is O=C(O)Cn1c2cc(C3=CCCCC3)ccc2c(=O)c2ccc(Cl)c(Cl)c21. The summed E-state index contributed by atoms with van der Waals surface area (Å²) in [5.74, 6) is -1.01. The van der Waals surface area contributed by atoms with Gasteiger partial charge in [-0.25, -0.2) is 0 Å². The maximum Gasteiger partial charge on any atom is 0.323 e. The third kappa shape index (κ3) is 3.13. The van der Waals surface area contributed by atoms with Gasteiger partial charge in [0.15, 0.2) is 5.43 Å². The largest absolute Gasteiger partial charge is 0.480 e. The van der Waals surface area contributed by atoms with Crippen LogP contribution in [0.1, 0.15) is 31.2 Å². The van der Waals surface area contributed by atoms with Crippen LogP contribution in [0.2, 0.25) is 10.0 Å². The van der Waals surface area contributed by atoms with E-state index in [-0.39, 0.29) is 22.0 Å². The predicted molar refractivity (Wildman–Crippen MR) is 110 cm³/mol. The standard InChI is InChI=1S/C21H17Cl2NO3/c22-16-9-8-15-20(19(16)23)24(11-18(25)26)17-10-13(6-7-14(17)21(15)27)12-4-2-1-3-5-12/h4,6-10H,1-3,5,11H2,(H,25,26). The van der Waals surface area contributed by atoms with Crippen LogP contribution in [0.4, 0.5) is 0 Å². The number of aliphatic carboxylic acids is 1. The average molecular weight is 402 g/mol. The summed E-state index contributed by atoms with van der Waals surface area (Å²) in [6.45, 7) is -0.310. The number of hydrogen-bond donors (Lipinski definition) is 1. The zero-order chi connectivity index (χ0) is 19.1. The Morgan fingerprint density at radius 3 is 2.59 bits per heavy atom. The number of benzene rings is 2. The third-order valence-electron chi connectivity index (χ3n) is 5.07. The molecule has 1 heterocycles. The van der Waals surface area contributed by atoms with E-state index < -0.39 is 5.97 Å². The minimum atomic E-state index is -1.01. The molecular formula is C21H17Cl2NO3. The highest BCUT2D eigenvalue weighted by atomic mass is 35.5. The van der Waals surface area contributed by atoms with Gasteiger partial charge in [-0.15, -0.1) is 0 Å². The second kappa shape index (κ2) is 7.02. The van der Waals surface area contributed by atoms with Gasteiger partial charge in [0, 0.05) is 10.8 Å². The van der Waals surface area contributed by atoms with Crippen molar-refractivity contribution < 1.29 is 9.90 Å². The predicted octanol–water partition coefficient (Wildman–Crippen LogP) is 5.50. The molecular weight excluding hydrogens is 385 g/mol. The molecule has 0 aliphatic heterocycles. The zero-order valence-corrected chi connectivity index (χ0v) is 16.0. The molecule has 0 saturated heterocycles. The van der Waals surface area contributed by atoms with Gasteiger partial charge in [0.2, 0.25) is 0 Å². The molecule has 138 valence electrons. The van der Waals surface area contributed by atoms with E-state index in [1.54, 1.807) is 22.8 Å². The van der Waals surface area contributed by atoms with Crippen LogP contribution in [0, 0.1) is 0 Å². The van der Waals surface area contributed by atoms with E-state index in [4.69, 9.17) is 23.2 Å². The van der Waals surface area contributed by atoms with Crippen LogP contribution in [-0.2, 0) is 11.3 Å². The first kappa shape index (κ1) is 18.1. The number of allylic oxidation sites excluding steroid dienone is 2. The highest BCUT2D eigenvalue weighted by Crippen LogP contribution is 2.33. The number of halogens is 2. The number of pyridine rings is 1. The topological polar surface area (TPSA) is 59.3 Å². The number of nitrogens with zero attached hydrogens (tertiary/aromatic N) is 1. The Kier molecular flexibility index (Phi) is 4.70. The van der Waals surface area contributed by atoms with Gasteiger partial charge in [0.05, 0.1) is 21.1 Å². The molecule has 0 atom stereocenters. The maximum atomic E-state index is 13.0. The summed E-state index contributed by atoms with van der Waals surface area (Å²) in [6, 6.07) is 8.78. The van der Waals surface area contributed by atoms with Crippen molar-refractivity contribution in [2.75, 3.05) is 0 Å². The molecule has 1 aliphatic rings. The minimum Gasteiger partial charge on any atom is -0.480 e. The molecule has 1 N–H and O–H groups in total. The fourth-order valence-corrected chi connectivity index (χ4v) is 4.22. The second-order valence-corrected chi connectivity index (χ2v) is 7.56. The molecule has 0 unspecified atom stereocenters. The summed E-state index contributed by atoms with van der Waals surface area (Å²) in [5.41, 5.74) is 2.99. The summed E-state index contributed by atoms with van der Waals surface area (Å²) in [5, 5.41) is 10.8. The first-order valence-electron chi connectivity index (χ1n) is 8.83. The first-order chi connectivity index (χ1) is 13.0. The lowest BCUT2D eigenvalue weighted by Gasteiger charge is -2.18. The smallest absolute Gasteiger partial charge is 0.323 e. The number of carboxylic acid groups (broad SMARTS) is 1. The van der Waals surface area contributed by atoms with E-state index in [0.29, 0.717) is 21.8 Å². The minimum absolute atomic E-state index is 0.177. The van der Waals surface area contributed by atoms with Crippen molar-refractivity contribution in [1.29, 1.82) is 0 Å². The van der Waals surface area contributed by atoms with E-state index >= 15 is 0 Å². The molecule has 0 bridgehead atoms. The van der Waals surface area contributed by atoms with E-state index in [9.17, 15) is 14.7 Å². The maximum absolute atomic E-state index is 13.0. The molecule has 1 aromatic heterocycles. The molecule has 3 aromatic rings. The number of fused-ring (bicyclic) bond motifs is 2. The van der Waals surface area contributed by atoms with E-state index in [1.165, 1.54) is 12.0 Å². The average Bonchev–Trinajstić information content (AvgIpc) is 2.67. The van der Waals surface area contributed by atoms with Crippen molar-refractivity contribution in [1.82, 2.24) is 4.57 Å². The fourth-order valence-electron chi connectivity index (χ4n) is 3.80. The molecule has 0 amide bonds. The normalized spacial score (nSPS) is 14.5.